The van der Waals surface area contributed by atoms with Gasteiger partial charge >= 0.3 is 0 Å². The number of hydrogen-bond acceptors (Lipinski definition) is 2. The third-order valence-corrected chi connectivity index (χ3v) is 6.02. The highest BCUT2D eigenvalue weighted by Crippen LogP contribution is 2.13. The molecule has 0 saturated heterocycles. The molecule has 0 bridgehead atoms. The molecule has 1 amide bonds. The van der Waals surface area contributed by atoms with Crippen molar-refractivity contribution in [2.45, 2.75) is 117 Å². The Balaban J connectivity index is 2.28. The van der Waals surface area contributed by atoms with E-state index in [0.717, 1.165) is 31.7 Å². The minimum absolute atomic E-state index is 0.134. The van der Waals surface area contributed by atoms with Gasteiger partial charge in [-0.25, -0.2) is 0 Å². The summed E-state index contributed by atoms with van der Waals surface area (Å²) in [7, 11) is 0. The van der Waals surface area contributed by atoms with E-state index >= 15 is 0 Å². The highest BCUT2D eigenvalue weighted by atomic mass is 16.5. The number of carbonyl (C=O) groups excluding carboxylic acids is 1. The lowest BCUT2D eigenvalue weighted by Crippen LogP contribution is -2.36. The van der Waals surface area contributed by atoms with Gasteiger partial charge in [0.2, 0.25) is 0 Å². The second-order valence-corrected chi connectivity index (χ2v) is 8.93. The molecule has 0 aliphatic rings. The number of nitrogens with zero attached hydrogens (tertiary/aromatic N) is 1. The second-order valence-electron chi connectivity index (χ2n) is 8.93. The topological polar surface area (TPSA) is 29.5 Å². The maximum atomic E-state index is 12.8. The second kappa shape index (κ2) is 20.4. The van der Waals surface area contributed by atoms with E-state index in [1.165, 1.54) is 89.9 Å². The Labute approximate surface area is 192 Å². The highest BCUT2D eigenvalue weighted by Gasteiger charge is 2.13. The van der Waals surface area contributed by atoms with Crippen molar-refractivity contribution in [1.82, 2.24) is 4.90 Å². The largest absolute Gasteiger partial charge is 0.484 e. The monoisotopic (exact) mass is 431 g/mol. The van der Waals surface area contributed by atoms with Crippen LogP contribution in [0.5, 0.6) is 5.75 Å². The van der Waals surface area contributed by atoms with E-state index in [-0.39, 0.29) is 12.5 Å². The average Bonchev–Trinajstić information content (AvgIpc) is 2.80. The molecule has 0 fully saturated rings. The van der Waals surface area contributed by atoms with Crippen molar-refractivity contribution in [3.05, 3.63) is 30.3 Å². The van der Waals surface area contributed by atoms with Crippen molar-refractivity contribution in [3.63, 3.8) is 0 Å². The van der Waals surface area contributed by atoms with E-state index in [1.54, 1.807) is 0 Å². The molecule has 0 N–H and O–H groups in total. The van der Waals surface area contributed by atoms with Crippen molar-refractivity contribution in [2.75, 3.05) is 19.7 Å². The van der Waals surface area contributed by atoms with Gasteiger partial charge in [0.1, 0.15) is 5.75 Å². The number of ether oxygens (including phenoxy) is 1. The molecule has 1 aromatic rings. The molecule has 0 aliphatic carbocycles. The zero-order chi connectivity index (χ0) is 22.4. The summed E-state index contributed by atoms with van der Waals surface area (Å²) in [6, 6.07) is 9.67. The minimum Gasteiger partial charge on any atom is -0.484 e. The Hall–Kier alpha value is -1.51. The number of amides is 1. The maximum Gasteiger partial charge on any atom is 0.260 e. The minimum atomic E-state index is 0.134. The van der Waals surface area contributed by atoms with Crippen molar-refractivity contribution in [1.29, 1.82) is 0 Å². The summed E-state index contributed by atoms with van der Waals surface area (Å²) in [6.45, 7) is 6.43. The van der Waals surface area contributed by atoms with Gasteiger partial charge < -0.3 is 9.64 Å². The van der Waals surface area contributed by atoms with Crippen LogP contribution in [0.25, 0.3) is 0 Å². The van der Waals surface area contributed by atoms with Gasteiger partial charge in [-0.05, 0) is 25.0 Å². The van der Waals surface area contributed by atoms with E-state index < -0.39 is 0 Å². The van der Waals surface area contributed by atoms with Crippen LogP contribution in [0.15, 0.2) is 30.3 Å². The number of hydrogen-bond donors (Lipinski definition) is 0. The van der Waals surface area contributed by atoms with E-state index in [2.05, 4.69) is 18.7 Å². The lowest BCUT2D eigenvalue weighted by atomic mass is 10.1. The van der Waals surface area contributed by atoms with E-state index in [0.29, 0.717) is 0 Å². The fourth-order valence-corrected chi connectivity index (χ4v) is 3.99. The van der Waals surface area contributed by atoms with Crippen molar-refractivity contribution < 1.29 is 9.53 Å². The van der Waals surface area contributed by atoms with Crippen LogP contribution in [0, 0.1) is 0 Å². The van der Waals surface area contributed by atoms with Gasteiger partial charge in [-0.3, -0.25) is 4.79 Å². The summed E-state index contributed by atoms with van der Waals surface area (Å²) in [5.74, 6) is 0.907. The molecule has 0 heterocycles. The molecule has 178 valence electrons. The molecular weight excluding hydrogens is 382 g/mol. The molecule has 0 radical (unpaired) electrons. The smallest absolute Gasteiger partial charge is 0.260 e. The highest BCUT2D eigenvalue weighted by molar-refractivity contribution is 5.77. The average molecular weight is 432 g/mol. The Morgan fingerprint density at radius 1 is 0.645 bits per heavy atom. The summed E-state index contributed by atoms with van der Waals surface area (Å²) in [6.07, 6.45) is 20.8. The lowest BCUT2D eigenvalue weighted by Gasteiger charge is -2.23. The molecule has 0 spiro atoms. The van der Waals surface area contributed by atoms with E-state index in [9.17, 15) is 4.79 Å². The van der Waals surface area contributed by atoms with Gasteiger partial charge in [-0.1, -0.05) is 122 Å². The molecule has 0 saturated carbocycles. The van der Waals surface area contributed by atoms with Crippen LogP contribution >= 0.6 is 0 Å². The molecule has 0 aliphatic heterocycles. The summed E-state index contributed by atoms with van der Waals surface area (Å²) < 4.78 is 5.72. The van der Waals surface area contributed by atoms with Crippen molar-refractivity contribution >= 4 is 5.91 Å². The predicted molar refractivity (Wildman–Crippen MR) is 134 cm³/mol. The Morgan fingerprint density at radius 2 is 1.06 bits per heavy atom. The maximum absolute atomic E-state index is 12.8. The van der Waals surface area contributed by atoms with Crippen molar-refractivity contribution in [3.8, 4) is 5.75 Å². The molecular formula is C28H49NO2. The van der Waals surface area contributed by atoms with Crippen LogP contribution in [-0.4, -0.2) is 30.5 Å². The molecule has 3 heteroatoms. The Bertz CT molecular complexity index is 497. The van der Waals surface area contributed by atoms with Gasteiger partial charge in [-0.2, -0.15) is 0 Å². The lowest BCUT2D eigenvalue weighted by molar-refractivity contribution is -0.133. The first-order valence-corrected chi connectivity index (χ1v) is 13.2. The number of unbranched alkanes of at least 4 members (excludes halogenated alkanes) is 14. The van der Waals surface area contributed by atoms with Gasteiger partial charge in [0.25, 0.3) is 5.91 Å². The van der Waals surface area contributed by atoms with Gasteiger partial charge in [0.15, 0.2) is 6.61 Å². The first-order chi connectivity index (χ1) is 15.3. The van der Waals surface area contributed by atoms with Crippen LogP contribution in [-0.2, 0) is 4.79 Å². The van der Waals surface area contributed by atoms with Crippen LogP contribution in [0.2, 0.25) is 0 Å². The summed E-state index contributed by atoms with van der Waals surface area (Å²) in [5.41, 5.74) is 0. The molecule has 31 heavy (non-hydrogen) atoms. The van der Waals surface area contributed by atoms with Crippen molar-refractivity contribution in [2.24, 2.45) is 0 Å². The quantitative estimate of drug-likeness (QED) is 0.184. The van der Waals surface area contributed by atoms with E-state index in [4.69, 9.17) is 4.74 Å². The van der Waals surface area contributed by atoms with Crippen LogP contribution in [0.3, 0.4) is 0 Å². The first-order valence-electron chi connectivity index (χ1n) is 13.2. The third-order valence-electron chi connectivity index (χ3n) is 6.02. The Morgan fingerprint density at radius 3 is 1.52 bits per heavy atom. The predicted octanol–water partition coefficient (Wildman–Crippen LogP) is 8.18. The molecule has 1 rings (SSSR count). The molecule has 0 atom stereocenters. The fraction of sp³-hybridized carbons (Fsp3) is 0.750. The molecule has 0 unspecified atom stereocenters. The first kappa shape index (κ1) is 27.5. The zero-order valence-corrected chi connectivity index (χ0v) is 20.6. The van der Waals surface area contributed by atoms with Gasteiger partial charge in [0.05, 0.1) is 0 Å². The van der Waals surface area contributed by atoms with Crippen LogP contribution < -0.4 is 4.74 Å². The number of rotatable bonds is 21. The molecule has 1 aromatic carbocycles. The fourth-order valence-electron chi connectivity index (χ4n) is 3.99. The third kappa shape index (κ3) is 15.9. The standard InChI is InChI=1S/C28H49NO2/c1-3-5-7-9-11-13-15-20-24-29(25-21-16-14-12-10-8-6-4-2)28(30)26-31-27-22-18-17-19-23-27/h17-19,22-23H,3-16,20-21,24-26H2,1-2H3. The van der Waals surface area contributed by atoms with Crippen LogP contribution in [0.4, 0.5) is 0 Å². The number of para-hydroxylation sites is 1. The summed E-state index contributed by atoms with van der Waals surface area (Å²) >= 11 is 0. The normalized spacial score (nSPS) is 10.9. The Kier molecular flexibility index (Phi) is 18.1. The summed E-state index contributed by atoms with van der Waals surface area (Å²) in [5, 5.41) is 0. The number of benzene rings is 1. The van der Waals surface area contributed by atoms with E-state index in [1.807, 2.05) is 30.3 Å². The van der Waals surface area contributed by atoms with Gasteiger partial charge in [-0.15, -0.1) is 0 Å². The SMILES string of the molecule is CCCCCCCCCCN(CCCCCCCCCC)C(=O)COc1ccccc1. The summed E-state index contributed by atoms with van der Waals surface area (Å²) in [4.78, 5) is 14.8. The number of carbonyl (C=O) groups is 1. The van der Waals surface area contributed by atoms with Gasteiger partial charge in [0, 0.05) is 13.1 Å². The molecule has 3 nitrogen and oxygen atoms in total. The van der Waals surface area contributed by atoms with Crippen LogP contribution in [0.1, 0.15) is 117 Å². The molecule has 0 aromatic heterocycles. The zero-order valence-electron chi connectivity index (χ0n) is 20.6.